The second-order valence-corrected chi connectivity index (χ2v) is 4.56. The van der Waals surface area contributed by atoms with Gasteiger partial charge in [-0.1, -0.05) is 0 Å². The molecule has 1 fully saturated rings. The van der Waals surface area contributed by atoms with E-state index in [9.17, 15) is 4.79 Å². The molecule has 1 aromatic rings. The molecule has 1 aliphatic rings. The molecule has 90 valence electrons. The first-order valence-corrected chi connectivity index (χ1v) is 5.63. The van der Waals surface area contributed by atoms with Crippen LogP contribution in [0.5, 0.6) is 0 Å². The molecule has 7 heteroatoms. The molecular weight excluding hydrogens is 250 g/mol. The van der Waals surface area contributed by atoms with Crippen LogP contribution in [-0.2, 0) is 9.53 Å². The van der Waals surface area contributed by atoms with Gasteiger partial charge in [0.05, 0.1) is 6.61 Å². The van der Waals surface area contributed by atoms with Gasteiger partial charge in [0.2, 0.25) is 0 Å². The average molecular weight is 264 g/mol. The molecular formula is C9H14ClN3O2S. The first-order valence-electron chi connectivity index (χ1n) is 4.81. The van der Waals surface area contributed by atoms with Gasteiger partial charge in [0.1, 0.15) is 6.10 Å². The Kier molecular flexibility index (Phi) is 5.14. The quantitative estimate of drug-likeness (QED) is 0.829. The van der Waals surface area contributed by atoms with Crippen LogP contribution < -0.4 is 10.6 Å². The van der Waals surface area contributed by atoms with Crippen molar-refractivity contribution in [2.24, 2.45) is 0 Å². The number of ether oxygens (including phenoxy) is 1. The molecule has 0 spiro atoms. The number of thiazole rings is 1. The standard InChI is InChI=1S/C9H13N3O2S.ClH/c1-6-4-11-9(15-6)12-8(13)7-5-10-2-3-14-7;/h4,7,10H,2-3,5H2,1H3,(H,11,12,13);1H. The molecule has 1 aliphatic heterocycles. The number of aromatic nitrogens is 1. The minimum absolute atomic E-state index is 0. The Labute approximate surface area is 104 Å². The molecule has 2 heterocycles. The molecule has 5 nitrogen and oxygen atoms in total. The summed E-state index contributed by atoms with van der Waals surface area (Å²) in [5.74, 6) is -0.128. The number of halogens is 1. The molecule has 2 N–H and O–H groups in total. The van der Waals surface area contributed by atoms with Crippen molar-refractivity contribution in [2.75, 3.05) is 25.0 Å². The minimum atomic E-state index is -0.400. The fraction of sp³-hybridized carbons (Fsp3) is 0.556. The highest BCUT2D eigenvalue weighted by molar-refractivity contribution is 7.15. The van der Waals surface area contributed by atoms with Crippen LogP contribution in [-0.4, -0.2) is 36.7 Å². The van der Waals surface area contributed by atoms with Crippen molar-refractivity contribution in [1.82, 2.24) is 10.3 Å². The van der Waals surface area contributed by atoms with Gasteiger partial charge in [0, 0.05) is 24.2 Å². The summed E-state index contributed by atoms with van der Waals surface area (Å²) >= 11 is 1.46. The van der Waals surface area contributed by atoms with Crippen LogP contribution in [0.1, 0.15) is 4.88 Å². The van der Waals surface area contributed by atoms with Crippen LogP contribution in [0.2, 0.25) is 0 Å². The Morgan fingerprint density at radius 2 is 2.56 bits per heavy atom. The van der Waals surface area contributed by atoms with E-state index in [-0.39, 0.29) is 18.3 Å². The Hall–Kier alpha value is -0.690. The summed E-state index contributed by atoms with van der Waals surface area (Å²) in [5, 5.41) is 6.47. The van der Waals surface area contributed by atoms with Gasteiger partial charge in [0.15, 0.2) is 5.13 Å². The number of carbonyl (C=O) groups is 1. The van der Waals surface area contributed by atoms with E-state index in [1.807, 2.05) is 6.92 Å². The van der Waals surface area contributed by atoms with E-state index >= 15 is 0 Å². The Morgan fingerprint density at radius 3 is 3.12 bits per heavy atom. The molecule has 1 saturated heterocycles. The molecule has 1 amide bonds. The number of hydrogen-bond acceptors (Lipinski definition) is 5. The molecule has 0 aliphatic carbocycles. The van der Waals surface area contributed by atoms with E-state index in [1.54, 1.807) is 6.20 Å². The van der Waals surface area contributed by atoms with Crippen LogP contribution in [0.3, 0.4) is 0 Å². The van der Waals surface area contributed by atoms with Crippen molar-refractivity contribution in [2.45, 2.75) is 13.0 Å². The number of morpholine rings is 1. The van der Waals surface area contributed by atoms with Crippen LogP contribution in [0.15, 0.2) is 6.20 Å². The summed E-state index contributed by atoms with van der Waals surface area (Å²) in [4.78, 5) is 16.8. The van der Waals surface area contributed by atoms with E-state index in [0.29, 0.717) is 18.3 Å². The summed E-state index contributed by atoms with van der Waals surface area (Å²) < 4.78 is 5.32. The molecule has 1 atom stereocenters. The molecule has 0 bridgehead atoms. The van der Waals surface area contributed by atoms with Gasteiger partial charge in [-0.3, -0.25) is 10.1 Å². The predicted octanol–water partition coefficient (Wildman–Crippen LogP) is 0.800. The van der Waals surface area contributed by atoms with Gasteiger partial charge in [-0.15, -0.1) is 23.7 Å². The van der Waals surface area contributed by atoms with Crippen LogP contribution >= 0.6 is 23.7 Å². The van der Waals surface area contributed by atoms with Gasteiger partial charge in [-0.25, -0.2) is 4.98 Å². The fourth-order valence-electron chi connectivity index (χ4n) is 1.33. The normalized spacial score (nSPS) is 19.9. The first kappa shape index (κ1) is 13.4. The van der Waals surface area contributed by atoms with E-state index in [0.717, 1.165) is 11.4 Å². The van der Waals surface area contributed by atoms with Crippen molar-refractivity contribution in [3.8, 4) is 0 Å². The lowest BCUT2D eigenvalue weighted by Gasteiger charge is -2.22. The highest BCUT2D eigenvalue weighted by Crippen LogP contribution is 2.16. The first-order chi connectivity index (χ1) is 7.25. The summed E-state index contributed by atoms with van der Waals surface area (Å²) in [6.45, 7) is 3.90. The largest absolute Gasteiger partial charge is 0.366 e. The number of anilines is 1. The highest BCUT2D eigenvalue weighted by atomic mass is 35.5. The summed E-state index contributed by atoms with van der Waals surface area (Å²) in [6.07, 6.45) is 1.34. The second kappa shape index (κ2) is 6.15. The van der Waals surface area contributed by atoms with E-state index in [4.69, 9.17) is 4.74 Å². The number of nitrogens with one attached hydrogen (secondary N) is 2. The second-order valence-electron chi connectivity index (χ2n) is 3.33. The molecule has 0 saturated carbocycles. The van der Waals surface area contributed by atoms with Crippen molar-refractivity contribution in [3.05, 3.63) is 11.1 Å². The number of hydrogen-bond donors (Lipinski definition) is 2. The van der Waals surface area contributed by atoms with Gasteiger partial charge in [-0.05, 0) is 6.92 Å². The molecule has 0 aromatic carbocycles. The lowest BCUT2D eigenvalue weighted by atomic mass is 10.3. The number of nitrogens with zero attached hydrogens (tertiary/aromatic N) is 1. The number of carbonyl (C=O) groups excluding carboxylic acids is 1. The Balaban J connectivity index is 0.00000128. The fourth-order valence-corrected chi connectivity index (χ4v) is 2.00. The van der Waals surface area contributed by atoms with Crippen molar-refractivity contribution in [3.63, 3.8) is 0 Å². The lowest BCUT2D eigenvalue weighted by molar-refractivity contribution is -0.128. The van der Waals surface area contributed by atoms with E-state index in [1.165, 1.54) is 11.3 Å². The summed E-state index contributed by atoms with van der Waals surface area (Å²) in [6, 6.07) is 0. The monoisotopic (exact) mass is 263 g/mol. The topological polar surface area (TPSA) is 63.2 Å². The zero-order valence-electron chi connectivity index (χ0n) is 8.86. The molecule has 2 rings (SSSR count). The van der Waals surface area contributed by atoms with Crippen LogP contribution in [0, 0.1) is 6.92 Å². The third-order valence-corrected chi connectivity index (χ3v) is 2.90. The van der Waals surface area contributed by atoms with Crippen LogP contribution in [0.4, 0.5) is 5.13 Å². The average Bonchev–Trinajstić information content (AvgIpc) is 2.65. The summed E-state index contributed by atoms with van der Waals surface area (Å²) in [7, 11) is 0. The van der Waals surface area contributed by atoms with Gasteiger partial charge in [0.25, 0.3) is 5.91 Å². The van der Waals surface area contributed by atoms with Crippen LogP contribution in [0.25, 0.3) is 0 Å². The highest BCUT2D eigenvalue weighted by Gasteiger charge is 2.22. The Morgan fingerprint density at radius 1 is 1.75 bits per heavy atom. The maximum atomic E-state index is 11.7. The third kappa shape index (κ3) is 3.41. The zero-order valence-corrected chi connectivity index (χ0v) is 10.5. The zero-order chi connectivity index (χ0) is 10.7. The van der Waals surface area contributed by atoms with Gasteiger partial charge >= 0.3 is 0 Å². The van der Waals surface area contributed by atoms with Gasteiger partial charge in [-0.2, -0.15) is 0 Å². The Bertz CT molecular complexity index is 352. The van der Waals surface area contributed by atoms with Crippen molar-refractivity contribution < 1.29 is 9.53 Å². The minimum Gasteiger partial charge on any atom is -0.366 e. The molecule has 16 heavy (non-hydrogen) atoms. The van der Waals surface area contributed by atoms with Gasteiger partial charge < -0.3 is 10.1 Å². The van der Waals surface area contributed by atoms with E-state index < -0.39 is 6.10 Å². The van der Waals surface area contributed by atoms with E-state index in [2.05, 4.69) is 15.6 Å². The predicted molar refractivity (Wildman–Crippen MR) is 65.3 cm³/mol. The summed E-state index contributed by atoms with van der Waals surface area (Å²) in [5.41, 5.74) is 0. The number of amides is 1. The SMILES string of the molecule is Cc1cnc(NC(=O)C2CNCCO2)s1.Cl. The van der Waals surface area contributed by atoms with Crippen molar-refractivity contribution >= 4 is 34.8 Å². The maximum absolute atomic E-state index is 11.7. The molecule has 1 unspecified atom stereocenters. The van der Waals surface area contributed by atoms with Crippen molar-refractivity contribution in [1.29, 1.82) is 0 Å². The molecule has 1 aromatic heterocycles. The smallest absolute Gasteiger partial charge is 0.256 e. The number of aryl methyl sites for hydroxylation is 1. The number of rotatable bonds is 2. The molecule has 0 radical (unpaired) electrons. The maximum Gasteiger partial charge on any atom is 0.256 e. The third-order valence-electron chi connectivity index (χ3n) is 2.07. The lowest BCUT2D eigenvalue weighted by Crippen LogP contribution is -2.45.